The minimum atomic E-state index is -0.611. The minimum absolute atomic E-state index is 0.0309. The number of methoxy groups -OCH3 is 1. The van der Waals surface area contributed by atoms with Gasteiger partial charge in [-0.1, -0.05) is 30.3 Å². The van der Waals surface area contributed by atoms with Crippen LogP contribution in [0.2, 0.25) is 0 Å². The van der Waals surface area contributed by atoms with E-state index in [1.165, 1.54) is 10.5 Å². The van der Waals surface area contributed by atoms with Gasteiger partial charge in [-0.3, -0.25) is 14.6 Å². The Morgan fingerprint density at radius 2 is 1.93 bits per heavy atom. The van der Waals surface area contributed by atoms with Crippen molar-refractivity contribution in [3.8, 4) is 0 Å². The van der Waals surface area contributed by atoms with Gasteiger partial charge in [0.15, 0.2) is 0 Å². The smallest absolute Gasteiger partial charge is 0.410 e. The molecular weight excluding hydrogens is 382 g/mol. The van der Waals surface area contributed by atoms with Crippen molar-refractivity contribution in [2.24, 2.45) is 0 Å². The van der Waals surface area contributed by atoms with E-state index in [0.29, 0.717) is 19.2 Å². The van der Waals surface area contributed by atoms with E-state index in [1.807, 2.05) is 26.8 Å². The standard InChI is InChI=1S/C23H37N3O4/c1-18-15-20(11-12-25(18)16-19-9-7-6-8-10-19)24-21(27)17-26(13-14-29-5)22(28)30-23(2,3)4/h6-10,18,20H,11-17H2,1-5H3,(H,24,27). The second-order valence-corrected chi connectivity index (χ2v) is 8.99. The van der Waals surface area contributed by atoms with Crippen LogP contribution in [0, 0.1) is 0 Å². The van der Waals surface area contributed by atoms with Crippen molar-refractivity contribution in [3.05, 3.63) is 35.9 Å². The molecule has 2 unspecified atom stereocenters. The Labute approximate surface area is 180 Å². The van der Waals surface area contributed by atoms with Crippen LogP contribution in [0.1, 0.15) is 46.1 Å². The number of carbonyl (C=O) groups excluding carboxylic acids is 2. The molecule has 7 nitrogen and oxygen atoms in total. The number of rotatable bonds is 8. The molecule has 0 spiro atoms. The zero-order valence-corrected chi connectivity index (χ0v) is 19.0. The molecule has 1 fully saturated rings. The SMILES string of the molecule is COCCN(CC(=O)NC1CCN(Cc2ccccc2)C(C)C1)C(=O)OC(C)(C)C. The predicted octanol–water partition coefficient (Wildman–Crippen LogP) is 3.04. The summed E-state index contributed by atoms with van der Waals surface area (Å²) in [5.74, 6) is -0.161. The third-order valence-corrected chi connectivity index (χ3v) is 5.16. The lowest BCUT2D eigenvalue weighted by Crippen LogP contribution is -2.51. The van der Waals surface area contributed by atoms with Gasteiger partial charge in [-0.15, -0.1) is 0 Å². The van der Waals surface area contributed by atoms with Crippen LogP contribution in [0.4, 0.5) is 4.79 Å². The highest BCUT2D eigenvalue weighted by Crippen LogP contribution is 2.20. The van der Waals surface area contributed by atoms with E-state index in [0.717, 1.165) is 25.9 Å². The third-order valence-electron chi connectivity index (χ3n) is 5.16. The average molecular weight is 420 g/mol. The fourth-order valence-corrected chi connectivity index (χ4v) is 3.61. The molecule has 1 aliphatic heterocycles. The summed E-state index contributed by atoms with van der Waals surface area (Å²) >= 11 is 0. The first-order chi connectivity index (χ1) is 14.2. The van der Waals surface area contributed by atoms with Crippen molar-refractivity contribution >= 4 is 12.0 Å². The van der Waals surface area contributed by atoms with Gasteiger partial charge in [-0.2, -0.15) is 0 Å². The van der Waals surface area contributed by atoms with Crippen LogP contribution in [0.15, 0.2) is 30.3 Å². The molecule has 2 atom stereocenters. The largest absolute Gasteiger partial charge is 0.444 e. The molecule has 1 aromatic rings. The monoisotopic (exact) mass is 419 g/mol. The Hall–Kier alpha value is -2.12. The highest BCUT2D eigenvalue weighted by Gasteiger charge is 2.28. The van der Waals surface area contributed by atoms with Crippen molar-refractivity contribution in [1.29, 1.82) is 0 Å². The van der Waals surface area contributed by atoms with Gasteiger partial charge in [-0.05, 0) is 46.1 Å². The average Bonchev–Trinajstić information content (AvgIpc) is 2.66. The van der Waals surface area contributed by atoms with Crippen LogP contribution in [0.5, 0.6) is 0 Å². The van der Waals surface area contributed by atoms with Crippen LogP contribution in [-0.2, 0) is 20.8 Å². The van der Waals surface area contributed by atoms with Crippen LogP contribution in [0.3, 0.4) is 0 Å². The first kappa shape index (κ1) is 24.2. The molecule has 0 saturated carbocycles. The summed E-state index contributed by atoms with van der Waals surface area (Å²) in [6.45, 7) is 10.1. The zero-order valence-electron chi connectivity index (χ0n) is 19.0. The number of nitrogens with zero attached hydrogens (tertiary/aromatic N) is 2. The zero-order chi connectivity index (χ0) is 22.1. The van der Waals surface area contributed by atoms with E-state index >= 15 is 0 Å². The summed E-state index contributed by atoms with van der Waals surface area (Å²) < 4.78 is 10.5. The number of benzene rings is 1. The van der Waals surface area contributed by atoms with E-state index < -0.39 is 11.7 Å². The molecule has 0 radical (unpaired) electrons. The number of hydrogen-bond acceptors (Lipinski definition) is 5. The maximum Gasteiger partial charge on any atom is 0.410 e. The molecule has 2 rings (SSSR count). The molecule has 2 amide bonds. The lowest BCUT2D eigenvalue weighted by molar-refractivity contribution is -0.123. The quantitative estimate of drug-likeness (QED) is 0.701. The van der Waals surface area contributed by atoms with Crippen molar-refractivity contribution in [1.82, 2.24) is 15.1 Å². The molecule has 7 heteroatoms. The molecular formula is C23H37N3O4. The molecule has 1 aromatic carbocycles. The van der Waals surface area contributed by atoms with Crippen LogP contribution in [-0.4, -0.2) is 72.8 Å². The molecule has 1 N–H and O–H groups in total. The summed E-state index contributed by atoms with van der Waals surface area (Å²) in [7, 11) is 1.57. The highest BCUT2D eigenvalue weighted by molar-refractivity contribution is 5.82. The van der Waals surface area contributed by atoms with Gasteiger partial charge in [0.2, 0.25) is 5.91 Å². The van der Waals surface area contributed by atoms with Crippen molar-refractivity contribution < 1.29 is 19.1 Å². The molecule has 0 aliphatic carbocycles. The summed E-state index contributed by atoms with van der Waals surface area (Å²) in [5.41, 5.74) is 0.692. The van der Waals surface area contributed by atoms with E-state index in [4.69, 9.17) is 9.47 Å². The van der Waals surface area contributed by atoms with E-state index in [1.54, 1.807) is 7.11 Å². The van der Waals surface area contributed by atoms with E-state index in [-0.39, 0.29) is 18.5 Å². The molecule has 0 aromatic heterocycles. The number of ether oxygens (including phenoxy) is 2. The minimum Gasteiger partial charge on any atom is -0.444 e. The number of nitrogens with one attached hydrogen (secondary N) is 1. The molecule has 30 heavy (non-hydrogen) atoms. The molecule has 1 heterocycles. The van der Waals surface area contributed by atoms with Gasteiger partial charge >= 0.3 is 6.09 Å². The Morgan fingerprint density at radius 1 is 1.23 bits per heavy atom. The summed E-state index contributed by atoms with van der Waals surface area (Å²) in [6, 6.07) is 10.9. The molecule has 0 bridgehead atoms. The van der Waals surface area contributed by atoms with E-state index in [9.17, 15) is 9.59 Å². The van der Waals surface area contributed by atoms with Crippen molar-refractivity contribution in [3.63, 3.8) is 0 Å². The maximum atomic E-state index is 12.6. The number of hydrogen-bond donors (Lipinski definition) is 1. The van der Waals surface area contributed by atoms with Gasteiger partial charge in [0, 0.05) is 38.8 Å². The lowest BCUT2D eigenvalue weighted by Gasteiger charge is -2.38. The van der Waals surface area contributed by atoms with E-state index in [2.05, 4.69) is 41.4 Å². The topological polar surface area (TPSA) is 71.1 Å². The Bertz CT molecular complexity index is 675. The van der Waals surface area contributed by atoms with Crippen molar-refractivity contribution in [2.45, 2.75) is 64.8 Å². The summed E-state index contributed by atoms with van der Waals surface area (Å²) in [5, 5.41) is 3.10. The summed E-state index contributed by atoms with van der Waals surface area (Å²) in [6.07, 6.45) is 1.29. The Balaban J connectivity index is 1.84. The van der Waals surface area contributed by atoms with Gasteiger partial charge in [0.05, 0.1) is 6.61 Å². The van der Waals surface area contributed by atoms with Gasteiger partial charge < -0.3 is 14.8 Å². The van der Waals surface area contributed by atoms with Crippen LogP contribution < -0.4 is 5.32 Å². The fraction of sp³-hybridized carbons (Fsp3) is 0.652. The lowest BCUT2D eigenvalue weighted by atomic mass is 9.97. The third kappa shape index (κ3) is 8.32. The second kappa shape index (κ2) is 11.3. The fourth-order valence-electron chi connectivity index (χ4n) is 3.61. The number of amides is 2. The van der Waals surface area contributed by atoms with Crippen molar-refractivity contribution in [2.75, 3.05) is 33.4 Å². The first-order valence-corrected chi connectivity index (χ1v) is 10.7. The normalized spacial score (nSPS) is 19.9. The van der Waals surface area contributed by atoms with Crippen LogP contribution in [0.25, 0.3) is 0 Å². The predicted molar refractivity (Wildman–Crippen MR) is 117 cm³/mol. The van der Waals surface area contributed by atoms with Gasteiger partial charge in [0.1, 0.15) is 12.1 Å². The molecule has 168 valence electrons. The number of piperidine rings is 1. The van der Waals surface area contributed by atoms with Gasteiger partial charge in [-0.25, -0.2) is 4.79 Å². The maximum absolute atomic E-state index is 12.6. The number of likely N-dealkylation sites (tertiary alicyclic amines) is 1. The second-order valence-electron chi connectivity index (χ2n) is 8.99. The van der Waals surface area contributed by atoms with Crippen LogP contribution >= 0.6 is 0 Å². The summed E-state index contributed by atoms with van der Waals surface area (Å²) in [4.78, 5) is 28.9. The first-order valence-electron chi connectivity index (χ1n) is 10.7. The highest BCUT2D eigenvalue weighted by atomic mass is 16.6. The number of carbonyl (C=O) groups is 2. The van der Waals surface area contributed by atoms with Gasteiger partial charge in [0.25, 0.3) is 0 Å². The molecule has 1 saturated heterocycles. The Morgan fingerprint density at radius 3 is 2.53 bits per heavy atom. The Kier molecular flexibility index (Phi) is 9.11. The molecule has 1 aliphatic rings.